The molecule has 0 saturated carbocycles. The third kappa shape index (κ3) is 8.78. The fourth-order valence-corrected chi connectivity index (χ4v) is 3.46. The predicted molar refractivity (Wildman–Crippen MR) is 123 cm³/mol. The minimum atomic E-state index is -0.278. The number of Topliss-reactive ketones (excluding diaryl/α,β-unsaturated/α-hetero) is 1. The monoisotopic (exact) mass is 432 g/mol. The number of carbonyl (C=O) groups excluding carboxylic acids is 1. The number of methoxy groups -OCH3 is 1. The molecule has 2 heterocycles. The van der Waals surface area contributed by atoms with E-state index in [0.29, 0.717) is 5.69 Å². The van der Waals surface area contributed by atoms with Crippen LogP contribution in [0.4, 0.5) is 15.8 Å². The van der Waals surface area contributed by atoms with Crippen LogP contribution in [0.25, 0.3) is 10.6 Å². The number of hydrogen-bond donors (Lipinski definition) is 1. The Hall–Kier alpha value is -2.26. The quantitative estimate of drug-likeness (QED) is 0.458. The van der Waals surface area contributed by atoms with Crippen molar-refractivity contribution in [1.82, 2.24) is 4.98 Å². The van der Waals surface area contributed by atoms with Gasteiger partial charge in [-0.15, -0.1) is 17.3 Å². The Labute approximate surface area is 200 Å². The maximum Gasteiger partial charge on any atom is 1.00 e. The smallest absolute Gasteiger partial charge is 0.496 e. The summed E-state index contributed by atoms with van der Waals surface area (Å²) < 4.78 is 18.8. The first-order valence-electron chi connectivity index (χ1n) is 9.44. The Morgan fingerprint density at radius 2 is 1.97 bits per heavy atom. The molecule has 0 bridgehead atoms. The number of carbonyl (C=O) groups is 1. The summed E-state index contributed by atoms with van der Waals surface area (Å²) in [7, 11) is 1.65. The molecule has 0 spiro atoms. The minimum Gasteiger partial charge on any atom is -0.496 e. The number of pyridine rings is 1. The molecule has 0 aliphatic heterocycles. The van der Waals surface area contributed by atoms with Gasteiger partial charge in [0.15, 0.2) is 0 Å². The van der Waals surface area contributed by atoms with E-state index < -0.39 is 0 Å². The average Bonchev–Trinajstić information content (AvgIpc) is 3.17. The number of nitrogens with zero attached hydrogens (tertiary/aromatic N) is 1. The van der Waals surface area contributed by atoms with Crippen LogP contribution >= 0.6 is 11.3 Å². The second kappa shape index (κ2) is 13.2. The SMILES string of the molecule is [CH2-]C(C)=O.[CH2-]CCC([CH2-])c1cc(Nc2cccc(F)c2)cc(-c2cc(OC)cs2)n1.[Li+]. The largest absolute Gasteiger partial charge is 1.00 e. The fourth-order valence-electron chi connectivity index (χ4n) is 2.65. The van der Waals surface area contributed by atoms with Gasteiger partial charge in [0.25, 0.3) is 0 Å². The Kier molecular flexibility index (Phi) is 11.4. The number of ketones is 1. The molecule has 0 aliphatic carbocycles. The molecule has 1 aromatic carbocycles. The topological polar surface area (TPSA) is 51.2 Å². The molecule has 0 amide bonds. The predicted octanol–water partition coefficient (Wildman–Crippen LogP) is 3.65. The van der Waals surface area contributed by atoms with E-state index in [1.54, 1.807) is 24.5 Å². The van der Waals surface area contributed by atoms with Gasteiger partial charge in [-0.1, -0.05) is 12.5 Å². The molecule has 1 unspecified atom stereocenters. The van der Waals surface area contributed by atoms with Crippen molar-refractivity contribution in [3.05, 3.63) is 80.1 Å². The number of hydrogen-bond acceptors (Lipinski definition) is 5. The first kappa shape index (κ1) is 26.8. The van der Waals surface area contributed by atoms with E-state index in [9.17, 15) is 9.18 Å². The van der Waals surface area contributed by atoms with E-state index in [1.165, 1.54) is 19.1 Å². The van der Waals surface area contributed by atoms with E-state index in [-0.39, 0.29) is 36.4 Å². The van der Waals surface area contributed by atoms with Gasteiger partial charge >= 0.3 is 18.9 Å². The van der Waals surface area contributed by atoms with Crippen LogP contribution in [0.2, 0.25) is 0 Å². The molecule has 0 saturated heterocycles. The number of halogens is 1. The van der Waals surface area contributed by atoms with Crippen molar-refractivity contribution in [1.29, 1.82) is 0 Å². The fraction of sp³-hybridized carbons (Fsp3) is 0.208. The number of thiophene rings is 1. The Balaban J connectivity index is 0.000000885. The summed E-state index contributed by atoms with van der Waals surface area (Å²) in [6.45, 7) is 12.5. The molecule has 1 atom stereocenters. The first-order chi connectivity index (χ1) is 14.3. The van der Waals surface area contributed by atoms with Gasteiger partial charge in [-0.05, 0) is 43.0 Å². The Bertz CT molecular complexity index is 974. The van der Waals surface area contributed by atoms with Crippen LogP contribution in [0.3, 0.4) is 0 Å². The normalized spacial score (nSPS) is 10.9. The summed E-state index contributed by atoms with van der Waals surface area (Å²) in [4.78, 5) is 15.1. The van der Waals surface area contributed by atoms with E-state index in [4.69, 9.17) is 9.72 Å². The standard InChI is InChI=1S/C21H21FN2OS.C3H5O.Li/c1-4-6-14(2)19-10-17(23-16-8-5-7-15(22)9-16)11-20(24-19)21-12-18(25-3)13-26-21;1-3(2)4;/h5,7-14H,1-2,4,6H2,3H3,(H,23,24);1H2,2H3;/q-2;-1;+1. The number of ether oxygens (including phenoxy) is 1. The van der Waals surface area contributed by atoms with Crippen LogP contribution in [0.5, 0.6) is 5.75 Å². The van der Waals surface area contributed by atoms with E-state index in [1.807, 2.05) is 29.6 Å². The van der Waals surface area contributed by atoms with Gasteiger partial charge < -0.3 is 35.6 Å². The van der Waals surface area contributed by atoms with Gasteiger partial charge in [-0.2, -0.15) is 6.42 Å². The average molecular weight is 432 g/mol. The molecule has 0 radical (unpaired) electrons. The van der Waals surface area contributed by atoms with Crippen molar-refractivity contribution in [3.8, 4) is 16.3 Å². The second-order valence-corrected chi connectivity index (χ2v) is 7.60. The summed E-state index contributed by atoms with van der Waals surface area (Å²) in [5, 5.41) is 5.21. The molecule has 160 valence electrons. The number of aromatic nitrogens is 1. The van der Waals surface area contributed by atoms with Crippen molar-refractivity contribution < 1.29 is 32.8 Å². The third-order valence-corrected chi connectivity index (χ3v) is 4.92. The third-order valence-electron chi connectivity index (χ3n) is 3.99. The van der Waals surface area contributed by atoms with E-state index in [0.717, 1.165) is 40.5 Å². The summed E-state index contributed by atoms with van der Waals surface area (Å²) in [6.07, 6.45) is 1.64. The molecule has 2 aromatic heterocycles. The number of rotatable bonds is 7. The zero-order valence-electron chi connectivity index (χ0n) is 18.3. The maximum atomic E-state index is 13.5. The molecular weight excluding hydrogens is 406 g/mol. The molecule has 4 nitrogen and oxygen atoms in total. The molecule has 1 N–H and O–H groups in total. The van der Waals surface area contributed by atoms with Crippen LogP contribution in [0.15, 0.2) is 47.8 Å². The van der Waals surface area contributed by atoms with Crippen LogP contribution in [0.1, 0.15) is 31.4 Å². The molecule has 7 heteroatoms. The minimum absolute atomic E-state index is 0. The second-order valence-electron chi connectivity index (χ2n) is 6.69. The summed E-state index contributed by atoms with van der Waals surface area (Å²) in [5.74, 6) is 0.489. The van der Waals surface area contributed by atoms with Crippen LogP contribution in [-0.2, 0) is 4.79 Å². The van der Waals surface area contributed by atoms with Crippen molar-refractivity contribution >= 4 is 28.5 Å². The molecule has 31 heavy (non-hydrogen) atoms. The zero-order valence-corrected chi connectivity index (χ0v) is 19.1. The van der Waals surface area contributed by atoms with Crippen molar-refractivity contribution in [2.24, 2.45) is 0 Å². The molecule has 3 rings (SSSR count). The number of nitrogens with one attached hydrogen (secondary N) is 1. The van der Waals surface area contributed by atoms with Gasteiger partial charge in [0.2, 0.25) is 0 Å². The van der Waals surface area contributed by atoms with Crippen molar-refractivity contribution in [3.63, 3.8) is 0 Å². The molecule has 0 fully saturated rings. The molecule has 0 aliphatic rings. The van der Waals surface area contributed by atoms with Crippen LogP contribution in [-0.4, -0.2) is 17.9 Å². The Morgan fingerprint density at radius 3 is 2.55 bits per heavy atom. The van der Waals surface area contributed by atoms with Gasteiger partial charge in [0.1, 0.15) is 11.6 Å². The molecular formula is C24H26FLiN2O2S-2. The maximum absolute atomic E-state index is 13.5. The van der Waals surface area contributed by atoms with Crippen molar-refractivity contribution in [2.75, 3.05) is 12.4 Å². The zero-order chi connectivity index (χ0) is 22.1. The summed E-state index contributed by atoms with van der Waals surface area (Å²) in [5.41, 5.74) is 3.26. The van der Waals surface area contributed by atoms with Gasteiger partial charge in [-0.25, -0.2) is 4.39 Å². The van der Waals surface area contributed by atoms with Crippen LogP contribution < -0.4 is 28.9 Å². The van der Waals surface area contributed by atoms with Crippen molar-refractivity contribution in [2.45, 2.75) is 25.7 Å². The Morgan fingerprint density at radius 1 is 1.26 bits per heavy atom. The summed E-state index contributed by atoms with van der Waals surface area (Å²) in [6, 6.07) is 12.3. The van der Waals surface area contributed by atoms with Crippen LogP contribution in [0, 0.1) is 26.6 Å². The number of benzene rings is 1. The first-order valence-corrected chi connectivity index (χ1v) is 10.3. The van der Waals surface area contributed by atoms with E-state index >= 15 is 0 Å². The number of anilines is 2. The molecule has 3 aromatic rings. The van der Waals surface area contributed by atoms with Gasteiger partial charge in [0, 0.05) is 28.5 Å². The van der Waals surface area contributed by atoms with Gasteiger partial charge in [-0.3, -0.25) is 4.98 Å². The van der Waals surface area contributed by atoms with Gasteiger partial charge in [0.05, 0.1) is 17.7 Å². The van der Waals surface area contributed by atoms with E-state index in [2.05, 4.69) is 26.1 Å². The summed E-state index contributed by atoms with van der Waals surface area (Å²) >= 11 is 1.57.